The average molecular weight is 439 g/mol. The maximum absolute atomic E-state index is 13.1. The Bertz CT molecular complexity index is 1200. The summed E-state index contributed by atoms with van der Waals surface area (Å²) in [6.45, 7) is 6.76. The van der Waals surface area contributed by atoms with Crippen LogP contribution in [0.15, 0.2) is 33.7 Å². The van der Waals surface area contributed by atoms with E-state index in [0.29, 0.717) is 34.4 Å². The van der Waals surface area contributed by atoms with Crippen LogP contribution in [0.25, 0.3) is 22.3 Å². The quantitative estimate of drug-likeness (QED) is 0.614. The number of benzene rings is 1. The standard InChI is InChI=1S/C25H30N2O5/c1-15-10-19(17(3)28)24-20(11-15)22(29)16(2)23(31-24)18-12-26-27(13-18)14-25(7-8-25)32-21-6-4-5-9-30-21/h10-13,17,21,28H,4-9,14H2,1-3H3/t17-,21?/m0/s1. The Hall–Kier alpha value is -2.48. The predicted octanol–water partition coefficient (Wildman–Crippen LogP) is 4.40. The maximum Gasteiger partial charge on any atom is 0.196 e. The number of aliphatic hydroxyl groups is 1. The minimum Gasteiger partial charge on any atom is -0.455 e. The first-order valence-electron chi connectivity index (χ1n) is 11.4. The SMILES string of the molecule is Cc1cc([C@H](C)O)c2oc(-c3cnn(CC4(OC5CCCCO5)CC4)c3)c(C)c(=O)c2c1. The molecule has 7 nitrogen and oxygen atoms in total. The third-order valence-electron chi connectivity index (χ3n) is 6.51. The number of aromatic nitrogens is 2. The van der Waals surface area contributed by atoms with Gasteiger partial charge in [-0.2, -0.15) is 5.10 Å². The second-order valence-corrected chi connectivity index (χ2v) is 9.32. The van der Waals surface area contributed by atoms with Crippen molar-refractivity contribution in [2.24, 2.45) is 0 Å². The average Bonchev–Trinajstić information content (AvgIpc) is 3.36. The first kappa shape index (κ1) is 21.4. The first-order valence-corrected chi connectivity index (χ1v) is 11.4. The molecule has 1 aromatic carbocycles. The molecule has 1 N–H and O–H groups in total. The molecule has 1 unspecified atom stereocenters. The molecule has 0 radical (unpaired) electrons. The fraction of sp³-hybridized carbons (Fsp3) is 0.520. The summed E-state index contributed by atoms with van der Waals surface area (Å²) >= 11 is 0. The Balaban J connectivity index is 1.45. The van der Waals surface area contributed by atoms with Crippen molar-refractivity contribution in [2.45, 2.75) is 77.4 Å². The van der Waals surface area contributed by atoms with Crippen molar-refractivity contribution < 1.29 is 19.0 Å². The van der Waals surface area contributed by atoms with E-state index in [2.05, 4.69) is 5.10 Å². The molecule has 1 aliphatic carbocycles. The van der Waals surface area contributed by atoms with Crippen molar-refractivity contribution in [2.75, 3.05) is 6.61 Å². The fourth-order valence-electron chi connectivity index (χ4n) is 4.55. The van der Waals surface area contributed by atoms with Crippen molar-refractivity contribution in [3.05, 3.63) is 51.4 Å². The zero-order valence-electron chi connectivity index (χ0n) is 18.9. The summed E-state index contributed by atoms with van der Waals surface area (Å²) in [7, 11) is 0. The molecule has 2 atom stereocenters. The lowest BCUT2D eigenvalue weighted by molar-refractivity contribution is -0.200. The Kier molecular flexibility index (Phi) is 5.43. The molecular formula is C25H30N2O5. The van der Waals surface area contributed by atoms with Gasteiger partial charge in [0.05, 0.1) is 35.4 Å². The van der Waals surface area contributed by atoms with Crippen LogP contribution in [0.4, 0.5) is 0 Å². The van der Waals surface area contributed by atoms with E-state index in [-0.39, 0.29) is 17.3 Å². The van der Waals surface area contributed by atoms with Crippen LogP contribution in [0.5, 0.6) is 0 Å². The van der Waals surface area contributed by atoms with Crippen LogP contribution in [-0.4, -0.2) is 33.4 Å². The van der Waals surface area contributed by atoms with E-state index in [9.17, 15) is 9.90 Å². The van der Waals surface area contributed by atoms with Crippen LogP contribution >= 0.6 is 0 Å². The number of hydrogen-bond acceptors (Lipinski definition) is 6. The van der Waals surface area contributed by atoms with Gasteiger partial charge in [-0.25, -0.2) is 0 Å². The molecule has 5 rings (SSSR count). The van der Waals surface area contributed by atoms with Crippen LogP contribution in [-0.2, 0) is 16.0 Å². The molecule has 2 aliphatic rings. The summed E-state index contributed by atoms with van der Waals surface area (Å²) in [4.78, 5) is 13.1. The van der Waals surface area contributed by atoms with E-state index < -0.39 is 6.10 Å². The van der Waals surface area contributed by atoms with E-state index in [4.69, 9.17) is 13.9 Å². The summed E-state index contributed by atoms with van der Waals surface area (Å²) in [5, 5.41) is 15.2. The van der Waals surface area contributed by atoms with Crippen molar-refractivity contribution >= 4 is 11.0 Å². The van der Waals surface area contributed by atoms with Crippen molar-refractivity contribution in [1.29, 1.82) is 0 Å². The molecular weight excluding hydrogens is 408 g/mol. The van der Waals surface area contributed by atoms with Gasteiger partial charge in [-0.3, -0.25) is 9.48 Å². The minimum atomic E-state index is -0.743. The lowest BCUT2D eigenvalue weighted by Gasteiger charge is -2.27. The van der Waals surface area contributed by atoms with Crippen molar-refractivity contribution in [3.63, 3.8) is 0 Å². The van der Waals surface area contributed by atoms with Crippen LogP contribution < -0.4 is 5.43 Å². The molecule has 3 heterocycles. The summed E-state index contributed by atoms with van der Waals surface area (Å²) in [5.41, 5.74) is 2.93. The molecule has 0 bridgehead atoms. The molecule has 2 aromatic heterocycles. The molecule has 1 aliphatic heterocycles. The molecule has 0 spiro atoms. The highest BCUT2D eigenvalue weighted by Gasteiger charge is 2.47. The van der Waals surface area contributed by atoms with E-state index in [1.54, 1.807) is 20.0 Å². The summed E-state index contributed by atoms with van der Waals surface area (Å²) in [5.74, 6) is 0.487. The largest absolute Gasteiger partial charge is 0.455 e. The lowest BCUT2D eigenvalue weighted by atomic mass is 10.0. The van der Waals surface area contributed by atoms with Crippen molar-refractivity contribution in [1.82, 2.24) is 9.78 Å². The smallest absolute Gasteiger partial charge is 0.196 e. The molecule has 0 amide bonds. The van der Waals surface area contributed by atoms with E-state index in [1.807, 2.05) is 29.9 Å². The summed E-state index contributed by atoms with van der Waals surface area (Å²) in [6.07, 6.45) is 7.92. The molecule has 1 saturated heterocycles. The molecule has 3 aromatic rings. The van der Waals surface area contributed by atoms with Gasteiger partial charge in [0.15, 0.2) is 11.7 Å². The van der Waals surface area contributed by atoms with Gasteiger partial charge in [0.2, 0.25) is 0 Å². The normalized spacial score (nSPS) is 21.1. The molecule has 2 fully saturated rings. The van der Waals surface area contributed by atoms with Gasteiger partial charge in [-0.1, -0.05) is 0 Å². The number of aliphatic hydroxyl groups excluding tert-OH is 1. The van der Waals surface area contributed by atoms with Crippen LogP contribution in [0.3, 0.4) is 0 Å². The minimum absolute atomic E-state index is 0.0870. The number of aryl methyl sites for hydroxylation is 1. The molecule has 32 heavy (non-hydrogen) atoms. The Morgan fingerprint density at radius 2 is 2.12 bits per heavy atom. The molecule has 1 saturated carbocycles. The Morgan fingerprint density at radius 1 is 1.31 bits per heavy atom. The number of fused-ring (bicyclic) bond motifs is 1. The maximum atomic E-state index is 13.1. The molecule has 7 heteroatoms. The highest BCUT2D eigenvalue weighted by Crippen LogP contribution is 2.43. The Labute approximate surface area is 186 Å². The van der Waals surface area contributed by atoms with Gasteiger partial charge in [0, 0.05) is 23.9 Å². The summed E-state index contributed by atoms with van der Waals surface area (Å²) in [6, 6.07) is 3.68. The van der Waals surface area contributed by atoms with Gasteiger partial charge >= 0.3 is 0 Å². The van der Waals surface area contributed by atoms with Crippen molar-refractivity contribution in [3.8, 4) is 11.3 Å². The number of ether oxygens (including phenoxy) is 2. The van der Waals surface area contributed by atoms with Crippen LogP contribution in [0.1, 0.15) is 61.8 Å². The zero-order chi connectivity index (χ0) is 22.5. The van der Waals surface area contributed by atoms with Gasteiger partial charge in [-0.15, -0.1) is 0 Å². The van der Waals surface area contributed by atoms with Crippen LogP contribution in [0.2, 0.25) is 0 Å². The number of rotatable bonds is 6. The van der Waals surface area contributed by atoms with Crippen LogP contribution in [0, 0.1) is 13.8 Å². The van der Waals surface area contributed by atoms with Gasteiger partial charge in [-0.05, 0) is 70.6 Å². The van der Waals surface area contributed by atoms with Gasteiger partial charge < -0.3 is 19.0 Å². The highest BCUT2D eigenvalue weighted by molar-refractivity contribution is 5.84. The third-order valence-corrected chi connectivity index (χ3v) is 6.51. The zero-order valence-corrected chi connectivity index (χ0v) is 18.9. The van der Waals surface area contributed by atoms with Gasteiger partial charge in [0.25, 0.3) is 0 Å². The fourth-order valence-corrected chi connectivity index (χ4v) is 4.55. The number of hydrogen-bond donors (Lipinski definition) is 1. The van der Waals surface area contributed by atoms with Gasteiger partial charge in [0.1, 0.15) is 11.3 Å². The van der Waals surface area contributed by atoms with E-state index >= 15 is 0 Å². The topological polar surface area (TPSA) is 86.7 Å². The third kappa shape index (κ3) is 4.00. The number of nitrogens with zero attached hydrogens (tertiary/aromatic N) is 2. The highest BCUT2D eigenvalue weighted by atomic mass is 16.7. The first-order chi connectivity index (χ1) is 15.3. The second kappa shape index (κ2) is 8.14. The lowest BCUT2D eigenvalue weighted by Crippen LogP contribution is -2.32. The monoisotopic (exact) mass is 438 g/mol. The van der Waals surface area contributed by atoms with E-state index in [1.165, 1.54) is 0 Å². The predicted molar refractivity (Wildman–Crippen MR) is 120 cm³/mol. The molecule has 170 valence electrons. The van der Waals surface area contributed by atoms with E-state index in [0.717, 1.165) is 49.8 Å². The Morgan fingerprint density at radius 3 is 2.81 bits per heavy atom. The second-order valence-electron chi connectivity index (χ2n) is 9.32. The summed E-state index contributed by atoms with van der Waals surface area (Å²) < 4.78 is 20.1.